The van der Waals surface area contributed by atoms with E-state index < -0.39 is 6.10 Å². The van der Waals surface area contributed by atoms with Crippen molar-refractivity contribution in [2.75, 3.05) is 6.54 Å². The van der Waals surface area contributed by atoms with E-state index in [1.165, 1.54) is 0 Å². The Kier molecular flexibility index (Phi) is 4.87. The average Bonchev–Trinajstić information content (AvgIpc) is 2.34. The van der Waals surface area contributed by atoms with E-state index in [0.29, 0.717) is 12.2 Å². The van der Waals surface area contributed by atoms with Gasteiger partial charge in [0.25, 0.3) is 5.91 Å². The number of benzene rings is 1. The molecule has 0 fully saturated rings. The van der Waals surface area contributed by atoms with Crippen LogP contribution in [0, 0.1) is 11.3 Å². The van der Waals surface area contributed by atoms with Crippen LogP contribution in [0.3, 0.4) is 0 Å². The Balaban J connectivity index is 2.56. The van der Waals surface area contributed by atoms with Crippen LogP contribution in [0.5, 0.6) is 5.75 Å². The number of carbonyl (C=O) groups excluding carboxylic acids is 1. The molecule has 0 spiro atoms. The number of hydrogen-bond acceptors (Lipinski definition) is 3. The molecular formula is C12H14N2O2. The third-order valence-electron chi connectivity index (χ3n) is 2.03. The van der Waals surface area contributed by atoms with Gasteiger partial charge in [0.2, 0.25) is 0 Å². The van der Waals surface area contributed by atoms with Crippen LogP contribution in [0.25, 0.3) is 0 Å². The van der Waals surface area contributed by atoms with Crippen molar-refractivity contribution in [1.82, 2.24) is 5.32 Å². The highest BCUT2D eigenvalue weighted by molar-refractivity contribution is 5.81. The van der Waals surface area contributed by atoms with Crippen LogP contribution in [0.2, 0.25) is 0 Å². The second-order valence-corrected chi connectivity index (χ2v) is 3.20. The first kappa shape index (κ1) is 12.1. The molecule has 0 aliphatic heterocycles. The molecule has 1 aromatic carbocycles. The lowest BCUT2D eigenvalue weighted by Crippen LogP contribution is -2.38. The molecule has 1 atom stereocenters. The maximum atomic E-state index is 11.6. The van der Waals surface area contributed by atoms with Gasteiger partial charge < -0.3 is 10.1 Å². The Bertz CT molecular complexity index is 370. The van der Waals surface area contributed by atoms with E-state index in [2.05, 4.69) is 5.32 Å². The molecule has 0 saturated heterocycles. The van der Waals surface area contributed by atoms with Gasteiger partial charge in [-0.25, -0.2) is 0 Å². The number of amides is 1. The van der Waals surface area contributed by atoms with Gasteiger partial charge >= 0.3 is 0 Å². The van der Waals surface area contributed by atoms with E-state index >= 15 is 0 Å². The quantitative estimate of drug-likeness (QED) is 0.761. The van der Waals surface area contributed by atoms with Crippen molar-refractivity contribution in [3.05, 3.63) is 30.3 Å². The number of nitriles is 1. The molecule has 0 aliphatic rings. The first-order valence-corrected chi connectivity index (χ1v) is 5.14. The summed E-state index contributed by atoms with van der Waals surface area (Å²) in [6.45, 7) is 1.87. The average molecular weight is 218 g/mol. The van der Waals surface area contributed by atoms with Crippen molar-refractivity contribution in [3.63, 3.8) is 0 Å². The van der Waals surface area contributed by atoms with Crippen molar-refractivity contribution >= 4 is 5.91 Å². The topological polar surface area (TPSA) is 62.1 Å². The third kappa shape index (κ3) is 3.62. The fraction of sp³-hybridized carbons (Fsp3) is 0.333. The lowest BCUT2D eigenvalue weighted by Gasteiger charge is -2.16. The molecular weight excluding hydrogens is 204 g/mol. The molecule has 84 valence electrons. The normalized spacial score (nSPS) is 11.2. The molecule has 1 unspecified atom stereocenters. The number of hydrogen-bond donors (Lipinski definition) is 1. The number of para-hydroxylation sites is 1. The van der Waals surface area contributed by atoms with Crippen molar-refractivity contribution in [2.24, 2.45) is 0 Å². The maximum Gasteiger partial charge on any atom is 0.261 e. The van der Waals surface area contributed by atoms with E-state index in [0.717, 1.165) is 0 Å². The highest BCUT2D eigenvalue weighted by Crippen LogP contribution is 2.12. The molecule has 1 amide bonds. The predicted molar refractivity (Wildman–Crippen MR) is 59.8 cm³/mol. The van der Waals surface area contributed by atoms with Crippen molar-refractivity contribution in [3.8, 4) is 11.8 Å². The number of nitrogens with one attached hydrogen (secondary N) is 1. The fourth-order valence-electron chi connectivity index (χ4n) is 1.23. The maximum absolute atomic E-state index is 11.6. The molecule has 16 heavy (non-hydrogen) atoms. The molecule has 0 bridgehead atoms. The van der Waals surface area contributed by atoms with Crippen LogP contribution in [0.15, 0.2) is 30.3 Å². The van der Waals surface area contributed by atoms with Gasteiger partial charge in [-0.15, -0.1) is 0 Å². The smallest absolute Gasteiger partial charge is 0.261 e. The van der Waals surface area contributed by atoms with E-state index in [9.17, 15) is 4.79 Å². The van der Waals surface area contributed by atoms with E-state index in [1.54, 1.807) is 12.1 Å². The number of rotatable bonds is 5. The third-order valence-corrected chi connectivity index (χ3v) is 2.03. The number of ether oxygens (including phenoxy) is 1. The van der Waals surface area contributed by atoms with Gasteiger partial charge in [0.05, 0.1) is 6.07 Å². The Morgan fingerprint density at radius 3 is 2.75 bits per heavy atom. The van der Waals surface area contributed by atoms with E-state index in [4.69, 9.17) is 10.00 Å². The van der Waals surface area contributed by atoms with Gasteiger partial charge in [0.15, 0.2) is 6.10 Å². The summed E-state index contributed by atoms with van der Waals surface area (Å²) in [6, 6.07) is 11.0. The molecule has 4 heteroatoms. The van der Waals surface area contributed by atoms with Crippen LogP contribution in [-0.4, -0.2) is 18.6 Å². The molecule has 1 rings (SSSR count). The molecule has 0 radical (unpaired) electrons. The Labute approximate surface area is 94.8 Å². The van der Waals surface area contributed by atoms with Crippen molar-refractivity contribution < 1.29 is 9.53 Å². The van der Waals surface area contributed by atoms with Gasteiger partial charge in [0, 0.05) is 0 Å². The number of carbonyl (C=O) groups is 1. The summed E-state index contributed by atoms with van der Waals surface area (Å²) in [7, 11) is 0. The highest BCUT2D eigenvalue weighted by atomic mass is 16.5. The van der Waals surface area contributed by atoms with Crippen LogP contribution in [0.4, 0.5) is 0 Å². The highest BCUT2D eigenvalue weighted by Gasteiger charge is 2.17. The zero-order valence-corrected chi connectivity index (χ0v) is 9.14. The summed E-state index contributed by atoms with van der Waals surface area (Å²) in [5.41, 5.74) is 0. The Morgan fingerprint density at radius 1 is 1.50 bits per heavy atom. The second-order valence-electron chi connectivity index (χ2n) is 3.20. The zero-order chi connectivity index (χ0) is 11.8. The summed E-state index contributed by atoms with van der Waals surface area (Å²) in [6.07, 6.45) is 0.0161. The minimum Gasteiger partial charge on any atom is -0.481 e. The molecule has 1 N–H and O–H groups in total. The standard InChI is InChI=1S/C12H14N2O2/c1-2-11(12(15)14-9-8-13)16-10-6-4-3-5-7-10/h3-7,11H,2,9H2,1H3,(H,14,15). The van der Waals surface area contributed by atoms with Gasteiger partial charge in [-0.1, -0.05) is 25.1 Å². The predicted octanol–water partition coefficient (Wildman–Crippen LogP) is 1.48. The van der Waals surface area contributed by atoms with E-state index in [1.807, 2.05) is 31.2 Å². The van der Waals surface area contributed by atoms with Gasteiger partial charge in [-0.2, -0.15) is 5.26 Å². The zero-order valence-electron chi connectivity index (χ0n) is 9.14. The first-order chi connectivity index (χ1) is 7.77. The van der Waals surface area contributed by atoms with Crippen LogP contribution >= 0.6 is 0 Å². The van der Waals surface area contributed by atoms with Crippen molar-refractivity contribution in [2.45, 2.75) is 19.4 Å². The lowest BCUT2D eigenvalue weighted by atomic mass is 10.2. The molecule has 0 saturated carbocycles. The Morgan fingerprint density at radius 2 is 2.19 bits per heavy atom. The van der Waals surface area contributed by atoms with Crippen LogP contribution < -0.4 is 10.1 Å². The summed E-state index contributed by atoms with van der Waals surface area (Å²) in [5, 5.41) is 10.8. The van der Waals surface area contributed by atoms with Crippen LogP contribution in [-0.2, 0) is 4.79 Å². The monoisotopic (exact) mass is 218 g/mol. The minimum atomic E-state index is -0.546. The molecule has 1 aromatic rings. The molecule has 0 aromatic heterocycles. The second kappa shape index (κ2) is 6.46. The Hall–Kier alpha value is -2.02. The van der Waals surface area contributed by atoms with E-state index in [-0.39, 0.29) is 12.5 Å². The largest absolute Gasteiger partial charge is 0.481 e. The molecule has 0 aliphatic carbocycles. The minimum absolute atomic E-state index is 0.00742. The van der Waals surface area contributed by atoms with Gasteiger partial charge in [-0.3, -0.25) is 4.79 Å². The molecule has 4 nitrogen and oxygen atoms in total. The van der Waals surface area contributed by atoms with Crippen LogP contribution in [0.1, 0.15) is 13.3 Å². The summed E-state index contributed by atoms with van der Waals surface area (Å²) < 4.78 is 5.50. The summed E-state index contributed by atoms with van der Waals surface area (Å²) >= 11 is 0. The fourth-order valence-corrected chi connectivity index (χ4v) is 1.23. The molecule has 0 heterocycles. The summed E-state index contributed by atoms with van der Waals surface area (Å²) in [4.78, 5) is 11.6. The SMILES string of the molecule is CCC(Oc1ccccc1)C(=O)NCC#N. The van der Waals surface area contributed by atoms with Gasteiger partial charge in [0.1, 0.15) is 12.3 Å². The number of nitrogens with zero attached hydrogens (tertiary/aromatic N) is 1. The summed E-state index contributed by atoms with van der Waals surface area (Å²) in [5.74, 6) is 0.398. The first-order valence-electron chi connectivity index (χ1n) is 5.14. The lowest BCUT2D eigenvalue weighted by molar-refractivity contribution is -0.127. The van der Waals surface area contributed by atoms with Gasteiger partial charge in [-0.05, 0) is 18.6 Å². The van der Waals surface area contributed by atoms with Crippen molar-refractivity contribution in [1.29, 1.82) is 5.26 Å².